The quantitative estimate of drug-likeness (QED) is 0.317. The average molecular weight is 518 g/mol. The Kier molecular flexibility index (Phi) is 9.58. The second-order valence-corrected chi connectivity index (χ2v) is 9.46. The molecule has 2 aromatic rings. The standard InChI is InChI=1S/C29H31N3O4S/c1-6-14-36-29(34)26-20(5)31-28(37-17-25(33)32-22-11-8-18(3)19(4)15-22)24(16-30)27(26)21-9-12-23(13-10-21)35-7-2/h6,8-13,15,27,31H,1,7,14,17H2,2-5H3,(H,32,33). The number of esters is 1. The van der Waals surface area contributed by atoms with Gasteiger partial charge in [-0.25, -0.2) is 4.79 Å². The lowest BCUT2D eigenvalue weighted by molar-refractivity contribution is -0.138. The van der Waals surface area contributed by atoms with E-state index in [0.29, 0.717) is 34.2 Å². The van der Waals surface area contributed by atoms with Crippen LogP contribution in [-0.2, 0) is 14.3 Å². The number of benzene rings is 2. The molecule has 0 radical (unpaired) electrons. The van der Waals surface area contributed by atoms with Crippen molar-refractivity contribution in [3.05, 3.63) is 93.7 Å². The summed E-state index contributed by atoms with van der Waals surface area (Å²) in [4.78, 5) is 25.7. The van der Waals surface area contributed by atoms with Crippen molar-refractivity contribution in [2.75, 3.05) is 24.3 Å². The van der Waals surface area contributed by atoms with Crippen molar-refractivity contribution in [2.24, 2.45) is 0 Å². The summed E-state index contributed by atoms with van der Waals surface area (Å²) in [6, 6.07) is 15.3. The molecule has 0 fully saturated rings. The van der Waals surface area contributed by atoms with E-state index in [9.17, 15) is 14.9 Å². The lowest BCUT2D eigenvalue weighted by Crippen LogP contribution is -2.29. The number of hydrogen-bond donors (Lipinski definition) is 2. The number of allylic oxidation sites excluding steroid dienone is 2. The zero-order chi connectivity index (χ0) is 26.9. The van der Waals surface area contributed by atoms with Crippen LogP contribution in [0.1, 0.15) is 36.5 Å². The molecule has 0 saturated carbocycles. The number of nitriles is 1. The number of thioether (sulfide) groups is 1. The van der Waals surface area contributed by atoms with Gasteiger partial charge >= 0.3 is 5.97 Å². The summed E-state index contributed by atoms with van der Waals surface area (Å²) in [7, 11) is 0. The monoisotopic (exact) mass is 517 g/mol. The first kappa shape index (κ1) is 27.6. The Labute approximate surface area is 222 Å². The van der Waals surface area contributed by atoms with Gasteiger partial charge in [-0.1, -0.05) is 42.6 Å². The summed E-state index contributed by atoms with van der Waals surface area (Å²) < 4.78 is 10.9. The van der Waals surface area contributed by atoms with Crippen LogP contribution in [0.15, 0.2) is 77.0 Å². The first-order valence-corrected chi connectivity index (χ1v) is 12.9. The van der Waals surface area contributed by atoms with Gasteiger partial charge in [0.15, 0.2) is 0 Å². The topological polar surface area (TPSA) is 100 Å². The molecule has 1 heterocycles. The molecule has 0 bridgehead atoms. The summed E-state index contributed by atoms with van der Waals surface area (Å²) in [5, 5.41) is 16.8. The van der Waals surface area contributed by atoms with Crippen molar-refractivity contribution in [1.29, 1.82) is 5.26 Å². The van der Waals surface area contributed by atoms with Crippen molar-refractivity contribution in [1.82, 2.24) is 5.32 Å². The molecular weight excluding hydrogens is 486 g/mol. The molecule has 0 aliphatic carbocycles. The zero-order valence-corrected chi connectivity index (χ0v) is 22.3. The number of carbonyl (C=O) groups is 2. The molecule has 1 aliphatic rings. The highest BCUT2D eigenvalue weighted by atomic mass is 32.2. The Bertz CT molecular complexity index is 1290. The normalized spacial score (nSPS) is 14.9. The van der Waals surface area contributed by atoms with Crippen LogP contribution in [0.3, 0.4) is 0 Å². The minimum absolute atomic E-state index is 0.0531. The molecule has 1 atom stereocenters. The SMILES string of the molecule is C=CCOC(=O)C1=C(C)NC(SCC(=O)Nc2ccc(C)c(C)c2)=C(C#N)C1c1ccc(OCC)cc1. The number of anilines is 1. The number of dihydropyridines is 1. The highest BCUT2D eigenvalue weighted by Gasteiger charge is 2.35. The Morgan fingerprint density at radius 1 is 1.16 bits per heavy atom. The van der Waals surface area contributed by atoms with E-state index in [-0.39, 0.29) is 18.3 Å². The Hall–Kier alpha value is -3.96. The zero-order valence-electron chi connectivity index (χ0n) is 21.5. The number of carbonyl (C=O) groups excluding carboxylic acids is 2. The predicted octanol–water partition coefficient (Wildman–Crippen LogP) is 5.50. The maximum Gasteiger partial charge on any atom is 0.337 e. The van der Waals surface area contributed by atoms with Crippen LogP contribution >= 0.6 is 11.8 Å². The van der Waals surface area contributed by atoms with Gasteiger partial charge in [0.05, 0.1) is 40.5 Å². The Morgan fingerprint density at radius 2 is 1.89 bits per heavy atom. The Balaban J connectivity index is 1.90. The van der Waals surface area contributed by atoms with Crippen LogP contribution < -0.4 is 15.4 Å². The number of rotatable bonds is 10. The second-order valence-electron chi connectivity index (χ2n) is 8.48. The Morgan fingerprint density at radius 3 is 2.51 bits per heavy atom. The lowest BCUT2D eigenvalue weighted by atomic mass is 9.82. The number of ether oxygens (including phenoxy) is 2. The molecule has 0 spiro atoms. The molecular formula is C29H31N3O4S. The number of hydrogen-bond acceptors (Lipinski definition) is 7. The number of nitrogens with zero attached hydrogens (tertiary/aromatic N) is 1. The second kappa shape index (κ2) is 12.8. The average Bonchev–Trinajstić information content (AvgIpc) is 2.88. The minimum atomic E-state index is -0.662. The van der Waals surface area contributed by atoms with Crippen molar-refractivity contribution in [3.8, 4) is 11.8 Å². The first-order valence-electron chi connectivity index (χ1n) is 11.9. The van der Waals surface area contributed by atoms with Crippen LogP contribution in [0.2, 0.25) is 0 Å². The van der Waals surface area contributed by atoms with Crippen LogP contribution in [0.4, 0.5) is 5.69 Å². The fourth-order valence-electron chi connectivity index (χ4n) is 3.92. The molecule has 1 aliphatic heterocycles. The van der Waals surface area contributed by atoms with Gasteiger partial charge < -0.3 is 20.1 Å². The molecule has 2 aromatic carbocycles. The largest absolute Gasteiger partial charge is 0.494 e. The summed E-state index contributed by atoms with van der Waals surface area (Å²) in [5.74, 6) is -0.621. The summed E-state index contributed by atoms with van der Waals surface area (Å²) in [6.45, 7) is 11.8. The van der Waals surface area contributed by atoms with Gasteiger partial charge in [-0.15, -0.1) is 0 Å². The van der Waals surface area contributed by atoms with E-state index < -0.39 is 11.9 Å². The van der Waals surface area contributed by atoms with Crippen molar-refractivity contribution in [3.63, 3.8) is 0 Å². The molecule has 8 heteroatoms. The fraction of sp³-hybridized carbons (Fsp3) is 0.276. The van der Waals surface area contributed by atoms with E-state index in [1.54, 1.807) is 6.92 Å². The van der Waals surface area contributed by atoms with Gasteiger partial charge in [0.1, 0.15) is 12.4 Å². The third-order valence-corrected chi connectivity index (χ3v) is 6.88. The van der Waals surface area contributed by atoms with Crippen LogP contribution in [0.5, 0.6) is 5.75 Å². The van der Waals surface area contributed by atoms with Gasteiger partial charge in [0.2, 0.25) is 5.91 Å². The summed E-state index contributed by atoms with van der Waals surface area (Å²) in [6.07, 6.45) is 1.49. The van der Waals surface area contributed by atoms with Gasteiger partial charge in [-0.2, -0.15) is 5.26 Å². The molecule has 3 rings (SSSR count). The van der Waals surface area contributed by atoms with Crippen LogP contribution in [0, 0.1) is 25.2 Å². The molecule has 0 saturated heterocycles. The van der Waals surface area contributed by atoms with Crippen LogP contribution in [-0.4, -0.2) is 30.8 Å². The van der Waals surface area contributed by atoms with E-state index in [1.165, 1.54) is 17.8 Å². The molecule has 0 aromatic heterocycles. The highest BCUT2D eigenvalue weighted by Crippen LogP contribution is 2.41. The van der Waals surface area contributed by atoms with Gasteiger partial charge in [-0.05, 0) is 68.7 Å². The summed E-state index contributed by atoms with van der Waals surface area (Å²) in [5.41, 5.74) is 4.93. The molecule has 1 unspecified atom stereocenters. The van der Waals surface area contributed by atoms with Crippen molar-refractivity contribution in [2.45, 2.75) is 33.6 Å². The van der Waals surface area contributed by atoms with E-state index in [0.717, 1.165) is 22.4 Å². The predicted molar refractivity (Wildman–Crippen MR) is 147 cm³/mol. The minimum Gasteiger partial charge on any atom is -0.494 e. The van der Waals surface area contributed by atoms with Crippen molar-refractivity contribution >= 4 is 29.3 Å². The van der Waals surface area contributed by atoms with Gasteiger partial charge in [0, 0.05) is 11.4 Å². The third-order valence-electron chi connectivity index (χ3n) is 5.86. The maximum atomic E-state index is 13.0. The fourth-order valence-corrected chi connectivity index (χ4v) is 4.81. The number of amides is 1. The molecule has 37 heavy (non-hydrogen) atoms. The summed E-state index contributed by atoms with van der Waals surface area (Å²) >= 11 is 1.22. The van der Waals surface area contributed by atoms with Gasteiger partial charge in [-0.3, -0.25) is 4.79 Å². The molecule has 192 valence electrons. The highest BCUT2D eigenvalue weighted by molar-refractivity contribution is 8.03. The third kappa shape index (κ3) is 6.83. The number of aryl methyl sites for hydroxylation is 2. The molecule has 1 amide bonds. The van der Waals surface area contributed by atoms with Gasteiger partial charge in [0.25, 0.3) is 0 Å². The molecule has 7 nitrogen and oxygen atoms in total. The van der Waals surface area contributed by atoms with E-state index in [1.807, 2.05) is 63.2 Å². The maximum absolute atomic E-state index is 13.0. The first-order chi connectivity index (χ1) is 17.8. The van der Waals surface area contributed by atoms with Crippen LogP contribution in [0.25, 0.3) is 0 Å². The van der Waals surface area contributed by atoms with E-state index in [2.05, 4.69) is 23.3 Å². The van der Waals surface area contributed by atoms with E-state index in [4.69, 9.17) is 9.47 Å². The smallest absolute Gasteiger partial charge is 0.337 e. The van der Waals surface area contributed by atoms with Crippen molar-refractivity contribution < 1.29 is 19.1 Å². The lowest BCUT2D eigenvalue weighted by Gasteiger charge is -2.29. The molecule has 2 N–H and O–H groups in total. The van der Waals surface area contributed by atoms with E-state index >= 15 is 0 Å². The number of nitrogens with one attached hydrogen (secondary N) is 2.